The lowest BCUT2D eigenvalue weighted by Gasteiger charge is -1.91. The minimum absolute atomic E-state index is 0.153. The van der Waals surface area contributed by atoms with Gasteiger partial charge in [0.25, 0.3) is 0 Å². The Balaban J connectivity index is 2.28. The molecular formula is C3H8N2O. The molecule has 1 fully saturated rings. The number of hydrogen-bond acceptors (Lipinski definition) is 3. The second-order valence-electron chi connectivity index (χ2n) is 1.74. The van der Waals surface area contributed by atoms with Gasteiger partial charge in [-0.1, -0.05) is 0 Å². The van der Waals surface area contributed by atoms with Crippen molar-refractivity contribution >= 4 is 0 Å². The Kier molecular flexibility index (Phi) is 0.629. The van der Waals surface area contributed by atoms with Crippen molar-refractivity contribution in [1.29, 1.82) is 0 Å². The summed E-state index contributed by atoms with van der Waals surface area (Å²) in [6.45, 7) is 2.04. The Labute approximate surface area is 36.3 Å². The first-order chi connectivity index (χ1) is 2.77. The lowest BCUT2D eigenvalue weighted by molar-refractivity contribution is 0.255. The molecule has 3 N–H and O–H groups in total. The Morgan fingerprint density at radius 1 is 1.67 bits per heavy atom. The summed E-state index contributed by atoms with van der Waals surface area (Å²) in [5.41, 5.74) is 5.37. The van der Waals surface area contributed by atoms with E-state index in [0.717, 1.165) is 0 Å². The lowest BCUT2D eigenvalue weighted by atomic mass is 10.3. The van der Waals surface area contributed by atoms with E-state index in [0.29, 0.717) is 0 Å². The zero-order chi connectivity index (χ0) is 4.62. The smallest absolute Gasteiger partial charge is 0.115 e. The van der Waals surface area contributed by atoms with Crippen molar-refractivity contribution in [3.05, 3.63) is 0 Å². The molecule has 36 valence electrons. The molecule has 1 heterocycles. The fraction of sp³-hybridized carbons (Fsp3) is 1.00. The average Bonchev–Trinajstić information content (AvgIpc) is 2.22. The van der Waals surface area contributed by atoms with E-state index in [9.17, 15) is 0 Å². The molecule has 0 unspecified atom stereocenters. The maximum atomic E-state index is 8.34. The second kappa shape index (κ2) is 0.932. The van der Waals surface area contributed by atoms with Crippen molar-refractivity contribution < 1.29 is 5.11 Å². The number of hydrogen-bond donors (Lipinski definition) is 3. The molecule has 1 rings (SSSR count). The van der Waals surface area contributed by atoms with Crippen molar-refractivity contribution in [3.8, 4) is 0 Å². The van der Waals surface area contributed by atoms with Crippen LogP contribution in [0.15, 0.2) is 0 Å². The van der Waals surface area contributed by atoms with E-state index in [1.165, 1.54) is 0 Å². The Morgan fingerprint density at radius 2 is 2.17 bits per heavy atom. The third-order valence-corrected chi connectivity index (χ3v) is 0.868. The van der Waals surface area contributed by atoms with Crippen LogP contribution in [0, 0.1) is 0 Å². The van der Waals surface area contributed by atoms with E-state index in [-0.39, 0.29) is 12.3 Å². The van der Waals surface area contributed by atoms with Crippen LogP contribution >= 0.6 is 0 Å². The average molecular weight is 88.1 g/mol. The summed E-state index contributed by atoms with van der Waals surface area (Å²) in [5, 5.41) is 8.34. The Bertz CT molecular complexity index is 59.8. The van der Waals surface area contributed by atoms with Crippen LogP contribution in [0.3, 0.4) is 0 Å². The van der Waals surface area contributed by atoms with Gasteiger partial charge in [-0.3, -0.25) is 0 Å². The first kappa shape index (κ1) is 4.05. The molecule has 3 nitrogen and oxygen atoms in total. The predicted molar refractivity (Wildman–Crippen MR) is 21.8 cm³/mol. The summed E-state index contributed by atoms with van der Waals surface area (Å²) in [5.74, 6) is 0. The maximum absolute atomic E-state index is 8.34. The third-order valence-electron chi connectivity index (χ3n) is 0.868. The van der Waals surface area contributed by atoms with Crippen molar-refractivity contribution in [2.45, 2.75) is 12.6 Å². The quantitative estimate of drug-likeness (QED) is 0.353. The highest BCUT2D eigenvalue weighted by atomic mass is 16.3. The zero-order valence-corrected chi connectivity index (χ0v) is 3.65. The molecule has 0 saturated carbocycles. The summed E-state index contributed by atoms with van der Waals surface area (Å²) in [6, 6.07) is 0. The molecule has 3 heteroatoms. The van der Waals surface area contributed by atoms with Gasteiger partial charge in [-0.2, -0.15) is 0 Å². The first-order valence-corrected chi connectivity index (χ1v) is 1.92. The van der Waals surface area contributed by atoms with Crippen molar-refractivity contribution in [3.63, 3.8) is 0 Å². The molecule has 6 heavy (non-hydrogen) atoms. The van der Waals surface area contributed by atoms with Gasteiger partial charge in [-0.15, -0.1) is 0 Å². The minimum Gasteiger partial charge on any atom is -0.393 e. The zero-order valence-electron chi connectivity index (χ0n) is 3.65. The maximum Gasteiger partial charge on any atom is 0.115 e. The van der Waals surface area contributed by atoms with Crippen LogP contribution in [-0.2, 0) is 0 Å². The highest BCUT2D eigenvalue weighted by Crippen LogP contribution is 2.03. The summed E-state index contributed by atoms with van der Waals surface area (Å²) >= 11 is 0. The second-order valence-corrected chi connectivity index (χ2v) is 1.74. The van der Waals surface area contributed by atoms with Gasteiger partial charge in [0, 0.05) is 0 Å². The minimum atomic E-state index is -0.153. The van der Waals surface area contributed by atoms with Gasteiger partial charge in [0.15, 0.2) is 0 Å². The molecule has 0 aromatic rings. The third kappa shape index (κ3) is 0.518. The van der Waals surface area contributed by atoms with Crippen LogP contribution in [0.5, 0.6) is 0 Å². The van der Waals surface area contributed by atoms with Gasteiger partial charge in [0.1, 0.15) is 5.66 Å². The van der Waals surface area contributed by atoms with E-state index >= 15 is 0 Å². The summed E-state index contributed by atoms with van der Waals surface area (Å²) in [4.78, 5) is 0. The molecule has 0 amide bonds. The standard InChI is InChI=1S/C3H8N2O/c1-3(2-6)4-5-3/h4-6H,2H2,1H3. The summed E-state index contributed by atoms with van der Waals surface area (Å²) in [7, 11) is 0. The van der Waals surface area contributed by atoms with Gasteiger partial charge in [0.05, 0.1) is 6.61 Å². The predicted octanol–water partition coefficient (Wildman–Crippen LogP) is -1.20. The van der Waals surface area contributed by atoms with Crippen molar-refractivity contribution in [2.24, 2.45) is 0 Å². The van der Waals surface area contributed by atoms with Crippen LogP contribution in [0.4, 0.5) is 0 Å². The molecule has 0 aromatic carbocycles. The molecule has 0 atom stereocenters. The molecule has 0 spiro atoms. The van der Waals surface area contributed by atoms with Gasteiger partial charge >= 0.3 is 0 Å². The van der Waals surface area contributed by atoms with Gasteiger partial charge < -0.3 is 5.11 Å². The molecular weight excluding hydrogens is 80.0 g/mol. The number of aliphatic hydroxyl groups excluding tert-OH is 1. The fourth-order valence-corrected chi connectivity index (χ4v) is 0.186. The van der Waals surface area contributed by atoms with E-state index < -0.39 is 0 Å². The normalized spacial score (nSPS) is 27.0. The number of aliphatic hydroxyl groups is 1. The topological polar surface area (TPSA) is 64.1 Å². The molecule has 1 saturated heterocycles. The Hall–Kier alpha value is -0.120. The number of rotatable bonds is 1. The fourth-order valence-electron chi connectivity index (χ4n) is 0.186. The van der Waals surface area contributed by atoms with E-state index in [1.807, 2.05) is 6.92 Å². The van der Waals surface area contributed by atoms with Gasteiger partial charge in [-0.25, -0.2) is 10.9 Å². The van der Waals surface area contributed by atoms with Crippen LogP contribution in [0.2, 0.25) is 0 Å². The highest BCUT2D eigenvalue weighted by Gasteiger charge is 2.34. The largest absolute Gasteiger partial charge is 0.393 e. The van der Waals surface area contributed by atoms with Crippen molar-refractivity contribution in [1.82, 2.24) is 10.9 Å². The molecule has 0 bridgehead atoms. The lowest BCUT2D eigenvalue weighted by Crippen LogP contribution is -2.16. The highest BCUT2D eigenvalue weighted by molar-refractivity contribution is 4.87. The first-order valence-electron chi connectivity index (χ1n) is 1.92. The summed E-state index contributed by atoms with van der Waals surface area (Å²) < 4.78 is 0. The summed E-state index contributed by atoms with van der Waals surface area (Å²) in [6.07, 6.45) is 0. The molecule has 1 aliphatic rings. The monoisotopic (exact) mass is 88.1 g/mol. The molecule has 0 aromatic heterocycles. The van der Waals surface area contributed by atoms with Crippen LogP contribution < -0.4 is 10.9 Å². The molecule has 1 aliphatic heterocycles. The number of nitrogens with one attached hydrogen (secondary N) is 2. The SMILES string of the molecule is CC1(CO)NN1. The van der Waals surface area contributed by atoms with Gasteiger partial charge in [-0.05, 0) is 6.92 Å². The molecule has 0 radical (unpaired) electrons. The van der Waals surface area contributed by atoms with Crippen LogP contribution in [-0.4, -0.2) is 17.4 Å². The van der Waals surface area contributed by atoms with E-state index in [4.69, 9.17) is 5.11 Å². The Morgan fingerprint density at radius 3 is 2.17 bits per heavy atom. The number of hydrazine groups is 1. The van der Waals surface area contributed by atoms with Gasteiger partial charge in [0.2, 0.25) is 0 Å². The van der Waals surface area contributed by atoms with E-state index in [2.05, 4.69) is 10.9 Å². The van der Waals surface area contributed by atoms with E-state index in [1.54, 1.807) is 0 Å². The van der Waals surface area contributed by atoms with Crippen molar-refractivity contribution in [2.75, 3.05) is 6.61 Å². The van der Waals surface area contributed by atoms with Crippen LogP contribution in [0.25, 0.3) is 0 Å². The van der Waals surface area contributed by atoms with Crippen LogP contribution in [0.1, 0.15) is 6.92 Å². The molecule has 0 aliphatic carbocycles.